The highest BCUT2D eigenvalue weighted by Gasteiger charge is 2.23. The summed E-state index contributed by atoms with van der Waals surface area (Å²) in [6.45, 7) is 3.76. The van der Waals surface area contributed by atoms with Crippen LogP contribution in [0.3, 0.4) is 0 Å². The molecule has 1 atom stereocenters. The van der Waals surface area contributed by atoms with E-state index in [1.54, 1.807) is 41.9 Å². The van der Waals surface area contributed by atoms with Crippen molar-refractivity contribution in [1.29, 1.82) is 0 Å². The number of carbonyl (C=O) groups is 2. The number of anilines is 1. The van der Waals surface area contributed by atoms with Crippen molar-refractivity contribution in [2.45, 2.75) is 38.1 Å². The fourth-order valence-corrected chi connectivity index (χ4v) is 5.85. The Labute approximate surface area is 172 Å². The van der Waals surface area contributed by atoms with Crippen molar-refractivity contribution in [3.05, 3.63) is 46.6 Å². The van der Waals surface area contributed by atoms with Crippen molar-refractivity contribution in [1.82, 2.24) is 9.97 Å². The number of rotatable bonds is 5. The molecule has 0 aliphatic heterocycles. The number of carbonyl (C=O) groups excluding carboxylic acids is 2. The Morgan fingerprint density at radius 2 is 2.04 bits per heavy atom. The zero-order valence-electron chi connectivity index (χ0n) is 15.8. The highest BCUT2D eigenvalue weighted by atomic mass is 32.2. The normalized spacial score (nSPS) is 16.0. The van der Waals surface area contributed by atoms with Gasteiger partial charge in [-0.05, 0) is 55.0 Å². The summed E-state index contributed by atoms with van der Waals surface area (Å²) < 4.78 is 0. The number of aryl methyl sites for hydroxylation is 1. The summed E-state index contributed by atoms with van der Waals surface area (Å²) >= 11 is 3.25. The predicted molar refractivity (Wildman–Crippen MR) is 114 cm³/mol. The van der Waals surface area contributed by atoms with Crippen LogP contribution in [0.15, 0.2) is 35.6 Å². The fraction of sp³-hybridized carbons (Fsp3) is 0.333. The van der Waals surface area contributed by atoms with E-state index in [0.29, 0.717) is 22.9 Å². The number of aromatic nitrogens is 2. The number of nitrogens with zero attached hydrogens (tertiary/aromatic N) is 2. The minimum atomic E-state index is -0.129. The smallest absolute Gasteiger partial charge is 0.221 e. The molecule has 0 fully saturated rings. The zero-order valence-corrected chi connectivity index (χ0v) is 17.5. The molecule has 0 saturated heterocycles. The van der Waals surface area contributed by atoms with E-state index in [1.165, 1.54) is 35.5 Å². The van der Waals surface area contributed by atoms with E-state index in [0.717, 1.165) is 28.1 Å². The fourth-order valence-electron chi connectivity index (χ4n) is 3.52. The Morgan fingerprint density at radius 3 is 2.79 bits per heavy atom. The molecule has 28 heavy (non-hydrogen) atoms. The molecule has 1 aliphatic rings. The summed E-state index contributed by atoms with van der Waals surface area (Å²) in [6.07, 6.45) is 4.97. The first-order valence-corrected chi connectivity index (χ1v) is 11.1. The minimum Gasteiger partial charge on any atom is -0.326 e. The van der Waals surface area contributed by atoms with Gasteiger partial charge in [-0.25, -0.2) is 9.97 Å². The molecular weight excluding hydrogens is 390 g/mol. The third-order valence-corrected chi connectivity index (χ3v) is 7.08. The molecule has 2 heterocycles. The number of benzene rings is 1. The van der Waals surface area contributed by atoms with E-state index >= 15 is 0 Å². The summed E-state index contributed by atoms with van der Waals surface area (Å²) in [5.41, 5.74) is 2.70. The van der Waals surface area contributed by atoms with E-state index in [4.69, 9.17) is 0 Å². The molecule has 1 aromatic carbocycles. The summed E-state index contributed by atoms with van der Waals surface area (Å²) in [5.74, 6) is 0.957. The molecule has 0 bridgehead atoms. The first kappa shape index (κ1) is 19.1. The SMILES string of the molecule is CC(=O)Nc1ccc(C(=O)CSc2ncnc3sc4c(c23)CC[C@H](C)C4)cc1. The maximum absolute atomic E-state index is 12.6. The molecule has 0 spiro atoms. The number of nitrogens with one attached hydrogen (secondary N) is 1. The summed E-state index contributed by atoms with van der Waals surface area (Å²) in [4.78, 5) is 35.1. The molecule has 1 aliphatic carbocycles. The number of amides is 1. The number of ketones is 1. The van der Waals surface area contributed by atoms with Crippen molar-refractivity contribution < 1.29 is 9.59 Å². The van der Waals surface area contributed by atoms with E-state index < -0.39 is 0 Å². The molecule has 0 unspecified atom stereocenters. The Kier molecular flexibility index (Phi) is 5.46. The molecule has 1 amide bonds. The summed E-state index contributed by atoms with van der Waals surface area (Å²) in [5, 5.41) is 4.76. The molecule has 0 radical (unpaired) electrons. The van der Waals surface area contributed by atoms with Gasteiger partial charge >= 0.3 is 0 Å². The quantitative estimate of drug-likeness (QED) is 0.373. The van der Waals surface area contributed by atoms with Gasteiger partial charge in [0.1, 0.15) is 16.2 Å². The van der Waals surface area contributed by atoms with Crippen molar-refractivity contribution in [2.24, 2.45) is 5.92 Å². The number of thioether (sulfide) groups is 1. The molecule has 1 N–H and O–H groups in total. The first-order valence-electron chi connectivity index (χ1n) is 9.30. The lowest BCUT2D eigenvalue weighted by Gasteiger charge is -2.18. The van der Waals surface area contributed by atoms with Gasteiger partial charge in [0.05, 0.1) is 5.75 Å². The highest BCUT2D eigenvalue weighted by molar-refractivity contribution is 8.00. The average molecular weight is 412 g/mol. The van der Waals surface area contributed by atoms with Crippen LogP contribution in [0.4, 0.5) is 5.69 Å². The number of hydrogen-bond donors (Lipinski definition) is 1. The Morgan fingerprint density at radius 1 is 1.25 bits per heavy atom. The third kappa shape index (κ3) is 3.95. The molecule has 4 rings (SSSR count). The highest BCUT2D eigenvalue weighted by Crippen LogP contribution is 2.40. The van der Waals surface area contributed by atoms with Gasteiger partial charge in [0, 0.05) is 28.4 Å². The second-order valence-corrected chi connectivity index (χ2v) is 9.23. The lowest BCUT2D eigenvalue weighted by molar-refractivity contribution is -0.114. The number of hydrogen-bond acceptors (Lipinski definition) is 6. The molecule has 5 nitrogen and oxygen atoms in total. The van der Waals surface area contributed by atoms with Crippen LogP contribution in [0.2, 0.25) is 0 Å². The number of Topliss-reactive ketones (excluding diaryl/α,β-unsaturated/α-hetero) is 1. The van der Waals surface area contributed by atoms with E-state index in [-0.39, 0.29) is 11.7 Å². The number of thiophene rings is 1. The molecule has 2 aromatic heterocycles. The van der Waals surface area contributed by atoms with Gasteiger partial charge in [-0.15, -0.1) is 11.3 Å². The molecule has 7 heteroatoms. The monoisotopic (exact) mass is 411 g/mol. The van der Waals surface area contributed by atoms with Gasteiger partial charge in [0.15, 0.2) is 5.78 Å². The number of fused-ring (bicyclic) bond motifs is 3. The van der Waals surface area contributed by atoms with Crippen LogP contribution in [0, 0.1) is 5.92 Å². The van der Waals surface area contributed by atoms with Crippen LogP contribution < -0.4 is 5.32 Å². The van der Waals surface area contributed by atoms with E-state index in [9.17, 15) is 9.59 Å². The van der Waals surface area contributed by atoms with Crippen molar-refractivity contribution in [3.63, 3.8) is 0 Å². The molecule has 0 saturated carbocycles. The Hall–Kier alpha value is -2.25. The van der Waals surface area contributed by atoms with Gasteiger partial charge < -0.3 is 5.32 Å². The van der Waals surface area contributed by atoms with Crippen LogP contribution in [-0.4, -0.2) is 27.4 Å². The van der Waals surface area contributed by atoms with Gasteiger partial charge in [0.2, 0.25) is 5.91 Å². The maximum atomic E-state index is 12.6. The van der Waals surface area contributed by atoms with Crippen LogP contribution in [0.25, 0.3) is 10.2 Å². The van der Waals surface area contributed by atoms with Gasteiger partial charge in [0.25, 0.3) is 0 Å². The van der Waals surface area contributed by atoms with Crippen LogP contribution in [0.5, 0.6) is 0 Å². The zero-order chi connectivity index (χ0) is 19.7. The van der Waals surface area contributed by atoms with Crippen LogP contribution >= 0.6 is 23.1 Å². The molecule has 144 valence electrons. The second-order valence-electron chi connectivity index (χ2n) is 7.18. The standard InChI is InChI=1S/C21H21N3O2S2/c1-12-3-8-16-18(9-12)28-21-19(16)20(22-11-23-21)27-10-17(26)14-4-6-15(7-5-14)24-13(2)25/h4-7,11-12H,3,8-10H2,1-2H3,(H,24,25)/t12-/m0/s1. The first-order chi connectivity index (χ1) is 13.5. The largest absolute Gasteiger partial charge is 0.326 e. The second kappa shape index (κ2) is 8.01. The average Bonchev–Trinajstić information content (AvgIpc) is 3.04. The van der Waals surface area contributed by atoms with Gasteiger partial charge in [-0.3, -0.25) is 9.59 Å². The third-order valence-electron chi connectivity index (χ3n) is 4.92. The van der Waals surface area contributed by atoms with Crippen LogP contribution in [-0.2, 0) is 17.6 Å². The summed E-state index contributed by atoms with van der Waals surface area (Å²) in [6, 6.07) is 6.99. The van der Waals surface area contributed by atoms with Gasteiger partial charge in [-0.2, -0.15) is 0 Å². The van der Waals surface area contributed by atoms with Gasteiger partial charge in [-0.1, -0.05) is 18.7 Å². The minimum absolute atomic E-state index is 0.0452. The maximum Gasteiger partial charge on any atom is 0.221 e. The van der Waals surface area contributed by atoms with Crippen molar-refractivity contribution >= 4 is 50.7 Å². The summed E-state index contributed by atoms with van der Waals surface area (Å²) in [7, 11) is 0. The molecular formula is C21H21N3O2S2. The van der Waals surface area contributed by atoms with Crippen molar-refractivity contribution in [3.8, 4) is 0 Å². The lowest BCUT2D eigenvalue weighted by atomic mass is 9.89. The predicted octanol–water partition coefficient (Wildman–Crippen LogP) is 4.75. The van der Waals surface area contributed by atoms with E-state index in [2.05, 4.69) is 22.2 Å². The Balaban J connectivity index is 1.51. The molecule has 3 aromatic rings. The Bertz CT molecular complexity index is 1040. The topological polar surface area (TPSA) is 72.0 Å². The van der Waals surface area contributed by atoms with Crippen LogP contribution in [0.1, 0.15) is 41.1 Å². The lowest BCUT2D eigenvalue weighted by Crippen LogP contribution is -2.09. The van der Waals surface area contributed by atoms with E-state index in [1.807, 2.05) is 0 Å². The van der Waals surface area contributed by atoms with Crippen molar-refractivity contribution in [2.75, 3.05) is 11.1 Å².